The minimum atomic E-state index is -3.94. The number of aromatic nitrogens is 1. The molecule has 0 aliphatic heterocycles. The second-order valence-corrected chi connectivity index (χ2v) is 6.54. The number of rotatable bonds is 3. The number of aromatic amines is 1. The third kappa shape index (κ3) is 2.69. The van der Waals surface area contributed by atoms with Crippen molar-refractivity contribution in [3.63, 3.8) is 0 Å². The number of nitriles is 1. The average molecular weight is 329 g/mol. The summed E-state index contributed by atoms with van der Waals surface area (Å²) in [5, 5.41) is 9.05. The first-order valence-electron chi connectivity index (χ1n) is 6.56. The molecular formula is C15H11N3O4S. The number of benzene rings is 2. The second kappa shape index (κ2) is 5.30. The monoisotopic (exact) mass is 329 g/mol. The fourth-order valence-corrected chi connectivity index (χ4v) is 3.57. The van der Waals surface area contributed by atoms with Crippen molar-refractivity contribution >= 4 is 26.8 Å². The molecule has 23 heavy (non-hydrogen) atoms. The zero-order valence-corrected chi connectivity index (χ0v) is 12.8. The van der Waals surface area contributed by atoms with Crippen LogP contribution in [0.1, 0.15) is 11.1 Å². The van der Waals surface area contributed by atoms with E-state index in [1.54, 1.807) is 19.1 Å². The van der Waals surface area contributed by atoms with Crippen molar-refractivity contribution in [1.29, 1.82) is 5.26 Å². The van der Waals surface area contributed by atoms with Crippen molar-refractivity contribution < 1.29 is 12.8 Å². The van der Waals surface area contributed by atoms with Crippen LogP contribution in [0, 0.1) is 18.3 Å². The Balaban J connectivity index is 2.11. The second-order valence-electron chi connectivity index (χ2n) is 4.89. The quantitative estimate of drug-likeness (QED) is 0.763. The van der Waals surface area contributed by atoms with E-state index in [0.29, 0.717) is 11.1 Å². The van der Waals surface area contributed by atoms with Gasteiger partial charge in [0.2, 0.25) is 0 Å². The van der Waals surface area contributed by atoms with E-state index in [4.69, 9.17) is 9.68 Å². The number of hydrogen-bond acceptors (Lipinski definition) is 5. The fraction of sp³-hybridized carbons (Fsp3) is 0.0667. The van der Waals surface area contributed by atoms with Crippen molar-refractivity contribution in [2.45, 2.75) is 11.8 Å². The summed E-state index contributed by atoms with van der Waals surface area (Å²) in [5.41, 5.74) is 1.41. The van der Waals surface area contributed by atoms with E-state index in [0.717, 1.165) is 0 Å². The Hall–Kier alpha value is -3.05. The van der Waals surface area contributed by atoms with Gasteiger partial charge in [-0.3, -0.25) is 9.71 Å². The fourth-order valence-electron chi connectivity index (χ4n) is 2.25. The molecule has 0 bridgehead atoms. The molecule has 0 atom stereocenters. The number of oxazole rings is 1. The molecule has 116 valence electrons. The lowest BCUT2D eigenvalue weighted by Gasteiger charge is -2.11. The van der Waals surface area contributed by atoms with Crippen molar-refractivity contribution in [2.75, 3.05) is 4.72 Å². The van der Waals surface area contributed by atoms with Crippen LogP contribution in [-0.2, 0) is 10.0 Å². The number of nitrogens with zero attached hydrogens (tertiary/aromatic N) is 1. The Bertz CT molecular complexity index is 1100. The third-order valence-corrected chi connectivity index (χ3v) is 4.81. The summed E-state index contributed by atoms with van der Waals surface area (Å²) in [5.74, 6) is -0.656. The highest BCUT2D eigenvalue weighted by Gasteiger charge is 2.20. The molecule has 7 nitrogen and oxygen atoms in total. The van der Waals surface area contributed by atoms with Crippen LogP contribution in [0.25, 0.3) is 11.1 Å². The van der Waals surface area contributed by atoms with Crippen LogP contribution >= 0.6 is 0 Å². The van der Waals surface area contributed by atoms with Crippen molar-refractivity contribution in [1.82, 2.24) is 4.98 Å². The maximum Gasteiger partial charge on any atom is 0.417 e. The Morgan fingerprint density at radius 1 is 1.26 bits per heavy atom. The van der Waals surface area contributed by atoms with Gasteiger partial charge in [0, 0.05) is 6.07 Å². The largest absolute Gasteiger partial charge is 0.417 e. The van der Waals surface area contributed by atoms with Gasteiger partial charge in [-0.2, -0.15) is 5.26 Å². The van der Waals surface area contributed by atoms with E-state index in [1.165, 1.54) is 24.3 Å². The normalized spacial score (nSPS) is 11.3. The number of nitrogens with one attached hydrogen (secondary N) is 2. The molecule has 1 aromatic heterocycles. The molecule has 0 amide bonds. The molecule has 0 saturated heterocycles. The Labute approximate surface area is 131 Å². The maximum absolute atomic E-state index is 12.6. The predicted molar refractivity (Wildman–Crippen MR) is 83.5 cm³/mol. The van der Waals surface area contributed by atoms with E-state index in [9.17, 15) is 13.2 Å². The van der Waals surface area contributed by atoms with Crippen LogP contribution in [0.3, 0.4) is 0 Å². The number of fused-ring (bicyclic) bond motifs is 1. The Morgan fingerprint density at radius 2 is 2.00 bits per heavy atom. The number of aryl methyl sites for hydroxylation is 1. The molecule has 8 heteroatoms. The summed E-state index contributed by atoms with van der Waals surface area (Å²) in [6.07, 6.45) is 0. The molecule has 0 aliphatic carbocycles. The summed E-state index contributed by atoms with van der Waals surface area (Å²) in [4.78, 5) is 13.7. The van der Waals surface area contributed by atoms with Crippen LogP contribution in [0.2, 0.25) is 0 Å². The van der Waals surface area contributed by atoms with Crippen molar-refractivity contribution in [3.05, 3.63) is 58.1 Å². The van der Waals surface area contributed by atoms with Gasteiger partial charge in [0.25, 0.3) is 10.0 Å². The summed E-state index contributed by atoms with van der Waals surface area (Å²) in [6.45, 7) is 1.61. The third-order valence-electron chi connectivity index (χ3n) is 3.30. The van der Waals surface area contributed by atoms with E-state index in [1.807, 2.05) is 6.07 Å². The van der Waals surface area contributed by atoms with Gasteiger partial charge >= 0.3 is 5.76 Å². The highest BCUT2D eigenvalue weighted by Crippen LogP contribution is 2.25. The number of H-pyrrole nitrogens is 1. The first-order chi connectivity index (χ1) is 10.9. The van der Waals surface area contributed by atoms with Gasteiger partial charge in [-0.1, -0.05) is 12.1 Å². The zero-order chi connectivity index (χ0) is 16.6. The molecule has 3 aromatic rings. The van der Waals surface area contributed by atoms with Gasteiger partial charge in [0.05, 0.1) is 21.7 Å². The van der Waals surface area contributed by atoms with Gasteiger partial charge in [0.15, 0.2) is 5.58 Å². The summed E-state index contributed by atoms with van der Waals surface area (Å²) >= 11 is 0. The van der Waals surface area contributed by atoms with Gasteiger partial charge in [0.1, 0.15) is 6.07 Å². The average Bonchev–Trinajstić information content (AvgIpc) is 2.85. The van der Waals surface area contributed by atoms with E-state index in [-0.39, 0.29) is 21.7 Å². The van der Waals surface area contributed by atoms with Crippen LogP contribution in [-0.4, -0.2) is 13.4 Å². The first kappa shape index (κ1) is 14.9. The lowest BCUT2D eigenvalue weighted by molar-refractivity contribution is 0.554. The van der Waals surface area contributed by atoms with Crippen LogP contribution < -0.4 is 10.5 Å². The SMILES string of the molecule is Cc1cc2[nH]c(=O)oc2cc1S(=O)(=O)Nc1ccccc1C#N. The van der Waals surface area contributed by atoms with Crippen LogP contribution in [0.4, 0.5) is 5.69 Å². The van der Waals surface area contributed by atoms with Crippen molar-refractivity contribution in [3.8, 4) is 6.07 Å². The summed E-state index contributed by atoms with van der Waals surface area (Å²) < 4.78 is 32.5. The maximum atomic E-state index is 12.6. The van der Waals surface area contributed by atoms with Gasteiger partial charge in [-0.15, -0.1) is 0 Å². The highest BCUT2D eigenvalue weighted by molar-refractivity contribution is 7.92. The van der Waals surface area contributed by atoms with Crippen LogP contribution in [0.5, 0.6) is 0 Å². The molecule has 2 aromatic carbocycles. The topological polar surface area (TPSA) is 116 Å². The molecule has 0 saturated carbocycles. The number of sulfonamides is 1. The molecule has 0 spiro atoms. The molecular weight excluding hydrogens is 318 g/mol. The zero-order valence-electron chi connectivity index (χ0n) is 12.0. The van der Waals surface area contributed by atoms with E-state index >= 15 is 0 Å². The standard InChI is InChI=1S/C15H11N3O4S/c1-9-6-12-13(22-15(19)17-12)7-14(9)23(20,21)18-11-5-3-2-4-10(11)8-16/h2-7,18H,1H3,(H,17,19). The molecule has 0 unspecified atom stereocenters. The number of para-hydroxylation sites is 1. The first-order valence-corrected chi connectivity index (χ1v) is 8.04. The van der Waals surface area contributed by atoms with Gasteiger partial charge < -0.3 is 4.42 Å². The number of anilines is 1. The molecule has 0 aliphatic rings. The van der Waals surface area contributed by atoms with Crippen molar-refractivity contribution in [2.24, 2.45) is 0 Å². The highest BCUT2D eigenvalue weighted by atomic mass is 32.2. The van der Waals surface area contributed by atoms with E-state index < -0.39 is 15.8 Å². The summed E-state index contributed by atoms with van der Waals surface area (Å²) in [6, 6.07) is 11.0. The molecule has 3 rings (SSSR count). The van der Waals surface area contributed by atoms with E-state index in [2.05, 4.69) is 9.71 Å². The Morgan fingerprint density at radius 3 is 2.74 bits per heavy atom. The predicted octanol–water partition coefficient (Wildman–Crippen LogP) is 2.10. The van der Waals surface area contributed by atoms with Gasteiger partial charge in [-0.25, -0.2) is 13.2 Å². The number of hydrogen-bond donors (Lipinski definition) is 2. The minimum Gasteiger partial charge on any atom is -0.408 e. The molecule has 2 N–H and O–H groups in total. The van der Waals surface area contributed by atoms with Gasteiger partial charge in [-0.05, 0) is 30.7 Å². The molecule has 0 fully saturated rings. The molecule has 1 heterocycles. The van der Waals surface area contributed by atoms with Crippen LogP contribution in [0.15, 0.2) is 50.5 Å². The lowest BCUT2D eigenvalue weighted by Crippen LogP contribution is -2.15. The Kier molecular flexibility index (Phi) is 3.42. The molecule has 0 radical (unpaired) electrons. The lowest BCUT2D eigenvalue weighted by atomic mass is 10.2. The smallest absolute Gasteiger partial charge is 0.408 e. The minimum absolute atomic E-state index is 0.0273. The summed E-state index contributed by atoms with van der Waals surface area (Å²) in [7, 11) is -3.94.